The van der Waals surface area contributed by atoms with Crippen molar-refractivity contribution in [3.63, 3.8) is 0 Å². The molecule has 1 amide bonds. The molecule has 0 spiro atoms. The molecule has 4 aromatic carbocycles. The molecule has 7 heteroatoms. The van der Waals surface area contributed by atoms with Gasteiger partial charge in [0.25, 0.3) is 15.9 Å². The first-order valence-electron chi connectivity index (χ1n) is 11.2. The number of carbonyl (C=O) groups is 1. The molecule has 1 heterocycles. The molecule has 0 radical (unpaired) electrons. The van der Waals surface area contributed by atoms with Gasteiger partial charge in [0, 0.05) is 23.6 Å². The summed E-state index contributed by atoms with van der Waals surface area (Å²) >= 11 is 0. The Balaban J connectivity index is 1.46. The molecule has 0 atom stereocenters. The maximum Gasteiger partial charge on any atom is 0.267 e. The lowest BCUT2D eigenvalue weighted by Crippen LogP contribution is -2.33. The molecule has 36 heavy (non-hydrogen) atoms. The van der Waals surface area contributed by atoms with Gasteiger partial charge in [-0.1, -0.05) is 36.4 Å². The number of benzene rings is 4. The van der Waals surface area contributed by atoms with E-state index in [1.165, 1.54) is 25.2 Å². The van der Waals surface area contributed by atoms with Crippen LogP contribution in [0.3, 0.4) is 0 Å². The average molecular weight is 500 g/mol. The Bertz CT molecular complexity index is 1710. The zero-order valence-electron chi connectivity index (χ0n) is 19.6. The standard InChI is InChI=1S/C29H22FNO4S/c1-19-6-3-4-9-28(19)36(33,34)31(2)29(32)23-8-5-7-21(16-23)22-12-15-26-24(17-22)18-27(35-26)20-10-13-25(30)14-11-20/h3-18H,1-2H3. The van der Waals surface area contributed by atoms with E-state index in [1.807, 2.05) is 30.3 Å². The van der Waals surface area contributed by atoms with Crippen LogP contribution >= 0.6 is 0 Å². The van der Waals surface area contributed by atoms with E-state index in [-0.39, 0.29) is 16.3 Å². The number of nitrogens with zero attached hydrogens (tertiary/aromatic N) is 1. The van der Waals surface area contributed by atoms with Gasteiger partial charge in [0.1, 0.15) is 17.2 Å². The van der Waals surface area contributed by atoms with Crippen LogP contribution in [0.2, 0.25) is 0 Å². The molecule has 0 saturated carbocycles. The van der Waals surface area contributed by atoms with Crippen LogP contribution in [0.15, 0.2) is 106 Å². The number of amides is 1. The number of sulfonamides is 1. The SMILES string of the molecule is Cc1ccccc1S(=O)(=O)N(C)C(=O)c1cccc(-c2ccc3oc(-c4ccc(F)cc4)cc3c2)c1. The normalized spacial score (nSPS) is 11.5. The highest BCUT2D eigenvalue weighted by atomic mass is 32.2. The van der Waals surface area contributed by atoms with Crippen molar-refractivity contribution in [2.45, 2.75) is 11.8 Å². The maximum absolute atomic E-state index is 13.3. The number of furan rings is 1. The van der Waals surface area contributed by atoms with Gasteiger partial charge >= 0.3 is 0 Å². The summed E-state index contributed by atoms with van der Waals surface area (Å²) in [5, 5.41) is 0.850. The minimum Gasteiger partial charge on any atom is -0.456 e. The Kier molecular flexibility index (Phi) is 5.94. The van der Waals surface area contributed by atoms with Gasteiger partial charge in [-0.2, -0.15) is 0 Å². The first-order chi connectivity index (χ1) is 17.2. The fourth-order valence-corrected chi connectivity index (χ4v) is 5.44. The number of carbonyl (C=O) groups excluding carboxylic acids is 1. The Morgan fingerprint density at radius 1 is 0.806 bits per heavy atom. The van der Waals surface area contributed by atoms with Crippen molar-refractivity contribution >= 4 is 26.9 Å². The van der Waals surface area contributed by atoms with E-state index >= 15 is 0 Å². The van der Waals surface area contributed by atoms with Gasteiger partial charge in [-0.3, -0.25) is 4.79 Å². The molecule has 0 aliphatic heterocycles. The van der Waals surface area contributed by atoms with Crippen molar-refractivity contribution in [3.8, 4) is 22.5 Å². The maximum atomic E-state index is 13.3. The summed E-state index contributed by atoms with van der Waals surface area (Å²) in [6.45, 7) is 1.69. The predicted octanol–water partition coefficient (Wildman–Crippen LogP) is 6.68. The third-order valence-electron chi connectivity index (χ3n) is 6.11. The summed E-state index contributed by atoms with van der Waals surface area (Å²) in [5.41, 5.74) is 3.86. The molecular formula is C29H22FNO4S. The zero-order chi connectivity index (χ0) is 25.4. The lowest BCUT2D eigenvalue weighted by atomic mass is 10.0. The highest BCUT2D eigenvalue weighted by molar-refractivity contribution is 7.89. The second-order valence-electron chi connectivity index (χ2n) is 8.49. The Morgan fingerprint density at radius 3 is 2.25 bits per heavy atom. The van der Waals surface area contributed by atoms with Crippen LogP contribution in [-0.4, -0.2) is 25.7 Å². The minimum atomic E-state index is -4.00. The fraction of sp³-hybridized carbons (Fsp3) is 0.0690. The topological polar surface area (TPSA) is 67.6 Å². The van der Waals surface area contributed by atoms with Crippen molar-refractivity contribution in [3.05, 3.63) is 114 Å². The largest absolute Gasteiger partial charge is 0.456 e. The summed E-state index contributed by atoms with van der Waals surface area (Å²) in [6.07, 6.45) is 0. The number of rotatable bonds is 5. The molecule has 0 aliphatic carbocycles. The van der Waals surface area contributed by atoms with E-state index in [1.54, 1.807) is 55.5 Å². The third-order valence-corrected chi connectivity index (χ3v) is 8.01. The van der Waals surface area contributed by atoms with Gasteiger partial charge < -0.3 is 4.42 Å². The molecule has 0 N–H and O–H groups in total. The molecule has 5 aromatic rings. The zero-order valence-corrected chi connectivity index (χ0v) is 20.4. The van der Waals surface area contributed by atoms with Crippen LogP contribution < -0.4 is 0 Å². The van der Waals surface area contributed by atoms with Gasteiger partial charge in [-0.15, -0.1) is 0 Å². The van der Waals surface area contributed by atoms with Crippen LogP contribution in [0.4, 0.5) is 4.39 Å². The van der Waals surface area contributed by atoms with Crippen molar-refractivity contribution in [1.29, 1.82) is 0 Å². The molecule has 0 fully saturated rings. The minimum absolute atomic E-state index is 0.0966. The monoisotopic (exact) mass is 499 g/mol. The highest BCUT2D eigenvalue weighted by Crippen LogP contribution is 2.32. The number of hydrogen-bond acceptors (Lipinski definition) is 4. The molecule has 5 rings (SSSR count). The van der Waals surface area contributed by atoms with Crippen LogP contribution in [-0.2, 0) is 10.0 Å². The smallest absolute Gasteiger partial charge is 0.267 e. The summed E-state index contributed by atoms with van der Waals surface area (Å²) in [5.74, 6) is -0.318. The van der Waals surface area contributed by atoms with E-state index < -0.39 is 15.9 Å². The van der Waals surface area contributed by atoms with Gasteiger partial charge in [0.05, 0.1) is 4.90 Å². The van der Waals surface area contributed by atoms with Gasteiger partial charge in [0.15, 0.2) is 0 Å². The second kappa shape index (κ2) is 9.09. The van der Waals surface area contributed by atoms with Gasteiger partial charge in [0.2, 0.25) is 0 Å². The predicted molar refractivity (Wildman–Crippen MR) is 138 cm³/mol. The Hall–Kier alpha value is -4.23. The average Bonchev–Trinajstić information content (AvgIpc) is 3.32. The molecule has 5 nitrogen and oxygen atoms in total. The first-order valence-corrected chi connectivity index (χ1v) is 12.7. The molecule has 0 saturated heterocycles. The molecule has 0 unspecified atom stereocenters. The first kappa shape index (κ1) is 23.5. The lowest BCUT2D eigenvalue weighted by Gasteiger charge is -2.19. The van der Waals surface area contributed by atoms with Gasteiger partial charge in [-0.25, -0.2) is 17.1 Å². The number of fused-ring (bicyclic) bond motifs is 1. The van der Waals surface area contributed by atoms with Crippen LogP contribution in [0.1, 0.15) is 15.9 Å². The molecule has 1 aromatic heterocycles. The number of hydrogen-bond donors (Lipinski definition) is 0. The van der Waals surface area contributed by atoms with Crippen molar-refractivity contribution in [2.24, 2.45) is 0 Å². The molecule has 180 valence electrons. The van der Waals surface area contributed by atoms with Crippen molar-refractivity contribution in [2.75, 3.05) is 7.05 Å². The molecule has 0 aliphatic rings. The Labute approximate surface area is 208 Å². The molecular weight excluding hydrogens is 477 g/mol. The molecule has 0 bridgehead atoms. The van der Waals surface area contributed by atoms with E-state index in [2.05, 4.69) is 0 Å². The number of halogens is 1. The lowest BCUT2D eigenvalue weighted by molar-refractivity contribution is 0.0883. The second-order valence-corrected chi connectivity index (χ2v) is 10.4. The summed E-state index contributed by atoms with van der Waals surface area (Å²) in [4.78, 5) is 13.3. The quantitative estimate of drug-likeness (QED) is 0.271. The fourth-order valence-electron chi connectivity index (χ4n) is 4.10. The van der Waals surface area contributed by atoms with E-state index in [0.29, 0.717) is 16.9 Å². The summed E-state index contributed by atoms with van der Waals surface area (Å²) in [7, 11) is -2.73. The van der Waals surface area contributed by atoms with Crippen molar-refractivity contribution in [1.82, 2.24) is 4.31 Å². The van der Waals surface area contributed by atoms with Crippen molar-refractivity contribution < 1.29 is 22.0 Å². The third kappa shape index (κ3) is 4.29. The highest BCUT2D eigenvalue weighted by Gasteiger charge is 2.27. The van der Waals surface area contributed by atoms with Crippen LogP contribution in [0.5, 0.6) is 0 Å². The van der Waals surface area contributed by atoms with Gasteiger partial charge in [-0.05, 0) is 84.3 Å². The number of aryl methyl sites for hydroxylation is 1. The van der Waals surface area contributed by atoms with Crippen LogP contribution in [0, 0.1) is 12.7 Å². The van der Waals surface area contributed by atoms with E-state index in [9.17, 15) is 17.6 Å². The Morgan fingerprint density at radius 2 is 1.50 bits per heavy atom. The van der Waals surface area contributed by atoms with Crippen LogP contribution in [0.25, 0.3) is 33.4 Å². The van der Waals surface area contributed by atoms with E-state index in [0.717, 1.165) is 26.4 Å². The summed E-state index contributed by atoms with van der Waals surface area (Å²) in [6, 6.07) is 27.0. The summed E-state index contributed by atoms with van der Waals surface area (Å²) < 4.78 is 46.1. The van der Waals surface area contributed by atoms with E-state index in [4.69, 9.17) is 4.42 Å².